The third-order valence-electron chi connectivity index (χ3n) is 2.40. The van der Waals surface area contributed by atoms with Crippen molar-refractivity contribution in [1.29, 1.82) is 0 Å². The second-order valence-electron chi connectivity index (χ2n) is 3.78. The Hall–Kier alpha value is -0.950. The molecule has 0 aliphatic heterocycles. The van der Waals surface area contributed by atoms with Crippen LogP contribution in [0.5, 0.6) is 0 Å². The zero-order valence-corrected chi connectivity index (χ0v) is 11.0. The third-order valence-corrected chi connectivity index (χ3v) is 4.00. The van der Waals surface area contributed by atoms with E-state index in [0.29, 0.717) is 19.6 Å². The summed E-state index contributed by atoms with van der Waals surface area (Å²) >= 11 is 0. The molecule has 17 heavy (non-hydrogen) atoms. The molecule has 0 bridgehead atoms. The summed E-state index contributed by atoms with van der Waals surface area (Å²) < 4.78 is 27.0. The molecule has 0 spiro atoms. The lowest BCUT2D eigenvalue weighted by atomic mass is 10.1. The first-order chi connectivity index (χ1) is 7.99. The van der Waals surface area contributed by atoms with Crippen molar-refractivity contribution in [3.63, 3.8) is 0 Å². The Morgan fingerprint density at radius 3 is 2.24 bits per heavy atom. The van der Waals surface area contributed by atoms with E-state index in [4.69, 9.17) is 5.73 Å². The summed E-state index contributed by atoms with van der Waals surface area (Å²) in [5.74, 6) is 0. The largest absolute Gasteiger partial charge is 0.326 e. The Kier molecular flexibility index (Phi) is 5.07. The summed E-state index contributed by atoms with van der Waals surface area (Å²) in [4.78, 5) is 0. The minimum absolute atomic E-state index is 0.347. The van der Waals surface area contributed by atoms with Crippen molar-refractivity contribution in [3.05, 3.63) is 35.4 Å². The fraction of sp³-hybridized carbons (Fsp3) is 0.455. The van der Waals surface area contributed by atoms with Gasteiger partial charge in [-0.3, -0.25) is 0 Å². The maximum Gasteiger partial charge on any atom is 0.279 e. The summed E-state index contributed by atoms with van der Waals surface area (Å²) in [6.07, 6.45) is 0. The van der Waals surface area contributed by atoms with Crippen molar-refractivity contribution in [2.45, 2.75) is 20.0 Å². The van der Waals surface area contributed by atoms with Gasteiger partial charge in [0.25, 0.3) is 10.2 Å². The predicted molar refractivity (Wildman–Crippen MR) is 68.4 cm³/mol. The predicted octanol–water partition coefficient (Wildman–Crippen LogP) is 0.431. The second kappa shape index (κ2) is 6.11. The SMILES string of the molecule is CCNS(=O)(=O)N(C)Cc1ccc(CN)cc1. The van der Waals surface area contributed by atoms with Crippen LogP contribution in [0.3, 0.4) is 0 Å². The van der Waals surface area contributed by atoms with Crippen LogP contribution in [0, 0.1) is 0 Å². The van der Waals surface area contributed by atoms with Crippen molar-refractivity contribution in [1.82, 2.24) is 9.03 Å². The van der Waals surface area contributed by atoms with Crippen LogP contribution in [-0.4, -0.2) is 26.3 Å². The Bertz CT molecular complexity index is 442. The van der Waals surface area contributed by atoms with E-state index in [1.54, 1.807) is 14.0 Å². The molecule has 0 saturated heterocycles. The highest BCUT2D eigenvalue weighted by Crippen LogP contribution is 2.08. The first-order valence-corrected chi connectivity index (χ1v) is 6.92. The van der Waals surface area contributed by atoms with Crippen molar-refractivity contribution in [2.24, 2.45) is 5.73 Å². The quantitative estimate of drug-likeness (QED) is 0.776. The maximum absolute atomic E-state index is 11.7. The molecule has 0 saturated carbocycles. The lowest BCUT2D eigenvalue weighted by Gasteiger charge is -2.17. The van der Waals surface area contributed by atoms with E-state index >= 15 is 0 Å². The van der Waals surface area contributed by atoms with Gasteiger partial charge in [0.15, 0.2) is 0 Å². The highest BCUT2D eigenvalue weighted by atomic mass is 32.2. The number of hydrogen-bond acceptors (Lipinski definition) is 3. The van der Waals surface area contributed by atoms with E-state index in [0.717, 1.165) is 11.1 Å². The number of benzene rings is 1. The van der Waals surface area contributed by atoms with Gasteiger partial charge in [0.2, 0.25) is 0 Å². The van der Waals surface area contributed by atoms with E-state index in [-0.39, 0.29) is 0 Å². The van der Waals surface area contributed by atoms with Gasteiger partial charge in [-0.25, -0.2) is 4.72 Å². The van der Waals surface area contributed by atoms with Crippen LogP contribution in [0.4, 0.5) is 0 Å². The first kappa shape index (κ1) is 14.1. The number of rotatable bonds is 6. The van der Waals surface area contributed by atoms with Gasteiger partial charge in [0, 0.05) is 26.7 Å². The lowest BCUT2D eigenvalue weighted by Crippen LogP contribution is -2.37. The first-order valence-electron chi connectivity index (χ1n) is 5.48. The molecule has 0 aromatic heterocycles. The molecule has 6 heteroatoms. The maximum atomic E-state index is 11.7. The molecule has 0 amide bonds. The molecule has 0 unspecified atom stereocenters. The van der Waals surface area contributed by atoms with Gasteiger partial charge in [-0.15, -0.1) is 0 Å². The highest BCUT2D eigenvalue weighted by Gasteiger charge is 2.15. The molecular weight excluding hydrogens is 238 g/mol. The van der Waals surface area contributed by atoms with Crippen LogP contribution in [0.1, 0.15) is 18.1 Å². The van der Waals surface area contributed by atoms with Crippen LogP contribution in [0.25, 0.3) is 0 Å². The summed E-state index contributed by atoms with van der Waals surface area (Å²) in [5.41, 5.74) is 7.46. The van der Waals surface area contributed by atoms with E-state index in [1.807, 2.05) is 24.3 Å². The van der Waals surface area contributed by atoms with Gasteiger partial charge in [-0.05, 0) is 11.1 Å². The second-order valence-corrected chi connectivity index (χ2v) is 5.64. The zero-order valence-electron chi connectivity index (χ0n) is 10.2. The van der Waals surface area contributed by atoms with Gasteiger partial charge >= 0.3 is 0 Å². The van der Waals surface area contributed by atoms with Crippen LogP contribution >= 0.6 is 0 Å². The van der Waals surface area contributed by atoms with E-state index in [2.05, 4.69) is 4.72 Å². The third kappa shape index (κ3) is 4.08. The van der Waals surface area contributed by atoms with Crippen molar-refractivity contribution < 1.29 is 8.42 Å². The molecule has 96 valence electrons. The van der Waals surface area contributed by atoms with Gasteiger partial charge in [-0.2, -0.15) is 12.7 Å². The molecular formula is C11H19N3O2S. The average Bonchev–Trinajstić information content (AvgIpc) is 2.30. The van der Waals surface area contributed by atoms with E-state index < -0.39 is 10.2 Å². The Morgan fingerprint density at radius 1 is 1.24 bits per heavy atom. The highest BCUT2D eigenvalue weighted by molar-refractivity contribution is 7.87. The minimum atomic E-state index is -3.37. The molecule has 0 radical (unpaired) electrons. The lowest BCUT2D eigenvalue weighted by molar-refractivity contribution is 0.456. The summed E-state index contributed by atoms with van der Waals surface area (Å²) in [6, 6.07) is 7.59. The summed E-state index contributed by atoms with van der Waals surface area (Å²) in [6.45, 7) is 2.98. The molecule has 0 fully saturated rings. The van der Waals surface area contributed by atoms with E-state index in [1.165, 1.54) is 4.31 Å². The zero-order chi connectivity index (χ0) is 12.9. The summed E-state index contributed by atoms with van der Waals surface area (Å²) in [7, 11) is -1.82. The fourth-order valence-electron chi connectivity index (χ4n) is 1.42. The molecule has 5 nitrogen and oxygen atoms in total. The van der Waals surface area contributed by atoms with Crippen LogP contribution < -0.4 is 10.5 Å². The number of nitrogens with one attached hydrogen (secondary N) is 1. The Labute approximate surface area is 103 Å². The van der Waals surface area contributed by atoms with E-state index in [9.17, 15) is 8.42 Å². The Balaban J connectivity index is 2.70. The fourth-order valence-corrected chi connectivity index (χ4v) is 2.32. The van der Waals surface area contributed by atoms with Gasteiger partial charge in [-0.1, -0.05) is 31.2 Å². The van der Waals surface area contributed by atoms with Gasteiger partial charge < -0.3 is 5.73 Å². The minimum Gasteiger partial charge on any atom is -0.326 e. The van der Waals surface area contributed by atoms with Crippen LogP contribution in [-0.2, 0) is 23.3 Å². The Morgan fingerprint density at radius 2 is 1.76 bits per heavy atom. The molecule has 0 heterocycles. The average molecular weight is 257 g/mol. The monoisotopic (exact) mass is 257 g/mol. The van der Waals surface area contributed by atoms with Gasteiger partial charge in [0.05, 0.1) is 0 Å². The topological polar surface area (TPSA) is 75.4 Å². The molecule has 0 aliphatic rings. The standard InChI is InChI=1S/C11H19N3O2S/c1-3-13-17(15,16)14(2)9-11-6-4-10(8-12)5-7-11/h4-7,13H,3,8-9,12H2,1-2H3. The molecule has 1 aromatic rings. The normalized spacial score (nSPS) is 12.0. The molecule has 3 N–H and O–H groups in total. The molecule has 1 rings (SSSR count). The number of nitrogens with two attached hydrogens (primary N) is 1. The van der Waals surface area contributed by atoms with Crippen molar-refractivity contribution in [3.8, 4) is 0 Å². The summed E-state index contributed by atoms with van der Waals surface area (Å²) in [5, 5.41) is 0. The number of hydrogen-bond donors (Lipinski definition) is 2. The van der Waals surface area contributed by atoms with Gasteiger partial charge in [0.1, 0.15) is 0 Å². The van der Waals surface area contributed by atoms with Crippen LogP contribution in [0.2, 0.25) is 0 Å². The van der Waals surface area contributed by atoms with Crippen LogP contribution in [0.15, 0.2) is 24.3 Å². The molecule has 1 aromatic carbocycles. The van der Waals surface area contributed by atoms with Crippen molar-refractivity contribution in [2.75, 3.05) is 13.6 Å². The molecule has 0 atom stereocenters. The molecule has 0 aliphatic carbocycles. The number of nitrogens with zero attached hydrogens (tertiary/aromatic N) is 1. The van der Waals surface area contributed by atoms with Crippen molar-refractivity contribution >= 4 is 10.2 Å². The smallest absolute Gasteiger partial charge is 0.279 e.